The Labute approximate surface area is 344 Å². The van der Waals surface area contributed by atoms with Gasteiger partial charge in [-0.05, 0) is 64.4 Å². The van der Waals surface area contributed by atoms with Crippen LogP contribution in [0.25, 0.3) is 11.1 Å². The van der Waals surface area contributed by atoms with Gasteiger partial charge in [-0.3, -0.25) is 19.2 Å². The lowest BCUT2D eigenvalue weighted by Crippen LogP contribution is -2.59. The monoisotopic (exact) mass is 820 g/mol. The number of carboxylic acid groups (broad SMARTS) is 1. The minimum Gasteiger partial charge on any atom is -0.484 e. The molecular weight excluding hydrogens is 778 g/mol. The van der Waals surface area contributed by atoms with Gasteiger partial charge in [-0.15, -0.1) is 0 Å². The van der Waals surface area contributed by atoms with Crippen LogP contribution in [0.2, 0.25) is 0 Å². The summed E-state index contributed by atoms with van der Waals surface area (Å²) in [6, 6.07) is 30.9. The van der Waals surface area contributed by atoms with Crippen LogP contribution < -0.4 is 26.0 Å². The first-order valence-corrected chi connectivity index (χ1v) is 19.3. The maximum absolute atomic E-state index is 14.4. The molecule has 0 saturated carbocycles. The van der Waals surface area contributed by atoms with Crippen LogP contribution in [0.3, 0.4) is 0 Å². The van der Waals surface area contributed by atoms with Crippen molar-refractivity contribution in [2.75, 3.05) is 6.61 Å². The van der Waals surface area contributed by atoms with Gasteiger partial charge < -0.3 is 31.1 Å². The largest absolute Gasteiger partial charge is 0.484 e. The van der Waals surface area contributed by atoms with Gasteiger partial charge in [0.05, 0.1) is 5.56 Å². The molecule has 60 heavy (non-hydrogen) atoms. The lowest BCUT2D eigenvalue weighted by molar-refractivity contribution is -0.142. The van der Waals surface area contributed by atoms with Crippen molar-refractivity contribution in [3.05, 3.63) is 161 Å². The summed E-state index contributed by atoms with van der Waals surface area (Å²) >= 11 is 0. The van der Waals surface area contributed by atoms with Crippen LogP contribution in [0.4, 0.5) is 13.2 Å². The highest BCUT2D eigenvalue weighted by Gasteiger charge is 2.34. The molecule has 2 aliphatic rings. The summed E-state index contributed by atoms with van der Waals surface area (Å²) in [6.07, 6.45) is -4.89. The predicted octanol–water partition coefficient (Wildman–Crippen LogP) is 5.45. The average molecular weight is 821 g/mol. The second-order valence-corrected chi connectivity index (χ2v) is 14.5. The number of rotatable bonds is 9. The maximum atomic E-state index is 14.4. The normalized spacial score (nSPS) is 19.3. The summed E-state index contributed by atoms with van der Waals surface area (Å²) < 4.78 is 46.7. The van der Waals surface area contributed by atoms with Crippen LogP contribution in [0.15, 0.2) is 133 Å². The molecule has 2 aliphatic heterocycles. The van der Waals surface area contributed by atoms with Gasteiger partial charge >= 0.3 is 12.1 Å². The zero-order valence-corrected chi connectivity index (χ0v) is 32.3. The van der Waals surface area contributed by atoms with Crippen molar-refractivity contribution < 1.29 is 47.0 Å². The number of hydrogen-bond donors (Lipinski definition) is 5. The van der Waals surface area contributed by atoms with E-state index in [2.05, 4.69) is 21.3 Å². The van der Waals surface area contributed by atoms with Gasteiger partial charge in [0.15, 0.2) is 6.61 Å². The summed E-state index contributed by atoms with van der Waals surface area (Å²) in [5, 5.41) is 20.7. The van der Waals surface area contributed by atoms with E-state index >= 15 is 0 Å². The van der Waals surface area contributed by atoms with Crippen molar-refractivity contribution in [3.63, 3.8) is 0 Å². The molecule has 5 aromatic carbocycles. The van der Waals surface area contributed by atoms with Crippen molar-refractivity contribution in [2.45, 2.75) is 62.4 Å². The molecular formula is C46H43F3N4O7. The highest BCUT2D eigenvalue weighted by Crippen LogP contribution is 2.30. The average Bonchev–Trinajstić information content (AvgIpc) is 3.24. The fourth-order valence-corrected chi connectivity index (χ4v) is 6.81. The second kappa shape index (κ2) is 19.7. The SMILES string of the molecule is O=C1COc2ccc(cc2)C[C@@H](C(=O)O)NC(=O)[C@H](CCc2ccccc2)NC(=O)[C@@H](Cc2ccc(-c3ccccc3)cc2)NC(=O)[C@H](Cc2cccc(C(F)(F)F)c2)N1. The molecule has 0 saturated heterocycles. The number of aryl methyl sites for hydroxylation is 1. The highest BCUT2D eigenvalue weighted by molar-refractivity contribution is 5.95. The molecule has 0 fully saturated rings. The zero-order valence-electron chi connectivity index (χ0n) is 32.3. The summed E-state index contributed by atoms with van der Waals surface area (Å²) in [4.78, 5) is 68.3. The van der Waals surface area contributed by atoms with Gasteiger partial charge in [-0.1, -0.05) is 115 Å². The minimum absolute atomic E-state index is 0.0562. The smallest absolute Gasteiger partial charge is 0.416 e. The number of alkyl halides is 3. The molecule has 2 heterocycles. The molecule has 0 aliphatic carbocycles. The Morgan fingerprint density at radius 2 is 1.18 bits per heavy atom. The molecule has 5 aromatic rings. The minimum atomic E-state index is -4.67. The third-order valence-electron chi connectivity index (χ3n) is 10.0. The first-order valence-electron chi connectivity index (χ1n) is 19.3. The molecule has 0 aromatic heterocycles. The van der Waals surface area contributed by atoms with Gasteiger partial charge in [0.25, 0.3) is 5.91 Å². The second-order valence-electron chi connectivity index (χ2n) is 14.5. The Balaban J connectivity index is 1.35. The van der Waals surface area contributed by atoms with Crippen LogP contribution in [0.1, 0.15) is 34.2 Å². The number of aliphatic carboxylic acids is 1. The molecule has 2 bridgehead atoms. The summed E-state index contributed by atoms with van der Waals surface area (Å²) in [6.45, 7) is -0.583. The Hall–Kier alpha value is -6.96. The molecule has 310 valence electrons. The lowest BCUT2D eigenvalue weighted by atomic mass is 9.98. The zero-order chi connectivity index (χ0) is 42.6. The van der Waals surface area contributed by atoms with E-state index in [-0.39, 0.29) is 37.0 Å². The van der Waals surface area contributed by atoms with Crippen LogP contribution in [-0.4, -0.2) is 65.5 Å². The third-order valence-corrected chi connectivity index (χ3v) is 10.0. The van der Waals surface area contributed by atoms with E-state index in [1.807, 2.05) is 72.8 Å². The summed E-state index contributed by atoms with van der Waals surface area (Å²) in [7, 11) is 0. The van der Waals surface area contributed by atoms with E-state index in [0.29, 0.717) is 17.5 Å². The Morgan fingerprint density at radius 1 is 0.617 bits per heavy atom. The molecule has 4 amide bonds. The highest BCUT2D eigenvalue weighted by atomic mass is 19.4. The van der Waals surface area contributed by atoms with Crippen LogP contribution >= 0.6 is 0 Å². The number of benzene rings is 5. The van der Waals surface area contributed by atoms with Crippen LogP contribution in [-0.2, 0) is 55.8 Å². The number of carboxylic acids is 1. The molecule has 0 spiro atoms. The van der Waals surface area contributed by atoms with Crippen molar-refractivity contribution in [1.82, 2.24) is 21.3 Å². The van der Waals surface area contributed by atoms with Gasteiger partial charge in [0.2, 0.25) is 17.7 Å². The number of hydrogen-bond acceptors (Lipinski definition) is 6. The van der Waals surface area contributed by atoms with Crippen molar-refractivity contribution >= 4 is 29.6 Å². The number of amides is 4. The lowest BCUT2D eigenvalue weighted by Gasteiger charge is -2.26. The molecule has 5 N–H and O–H groups in total. The first kappa shape index (κ1) is 42.6. The standard InChI is InChI=1S/C46H43F3N4O7/c47-46(48,49)35-13-7-10-32(24-35)27-38-43(56)52-39(25-30-14-19-34(20-15-30)33-11-5-2-6-12-33)44(57)51-37(23-18-29-8-3-1-4-9-29)42(55)53-40(45(58)59)26-31-16-21-36(22-17-31)60-28-41(54)50-38/h1-17,19-22,24,37-40H,18,23,25-28H2,(H,50,54)(H,51,57)(H,52,56)(H,53,55)(H,58,59)/t37-,38-,39+,40-/m0/s1. The molecule has 14 heteroatoms. The van der Waals surface area contributed by atoms with E-state index in [4.69, 9.17) is 4.74 Å². The molecule has 7 rings (SSSR count). The number of ether oxygens (including phenoxy) is 1. The van der Waals surface area contributed by atoms with E-state index in [1.54, 1.807) is 24.3 Å². The summed E-state index contributed by atoms with van der Waals surface area (Å²) in [5.74, 6) is -4.30. The quantitative estimate of drug-likeness (QED) is 0.124. The molecule has 4 atom stereocenters. The van der Waals surface area contributed by atoms with E-state index in [0.717, 1.165) is 28.8 Å². The topological polar surface area (TPSA) is 163 Å². The van der Waals surface area contributed by atoms with Gasteiger partial charge in [0, 0.05) is 19.3 Å². The van der Waals surface area contributed by atoms with Gasteiger partial charge in [-0.25, -0.2) is 4.79 Å². The molecule has 0 radical (unpaired) electrons. The Kier molecular flexibility index (Phi) is 14.0. The number of carbonyl (C=O) groups excluding carboxylic acids is 4. The number of nitrogens with one attached hydrogen (secondary N) is 4. The van der Waals surface area contributed by atoms with Crippen molar-refractivity contribution in [2.24, 2.45) is 0 Å². The van der Waals surface area contributed by atoms with Crippen LogP contribution in [0, 0.1) is 0 Å². The number of carbonyl (C=O) groups is 5. The van der Waals surface area contributed by atoms with E-state index in [9.17, 15) is 42.3 Å². The van der Waals surface area contributed by atoms with Gasteiger partial charge in [-0.2, -0.15) is 13.2 Å². The van der Waals surface area contributed by atoms with E-state index in [1.165, 1.54) is 24.3 Å². The summed E-state index contributed by atoms with van der Waals surface area (Å²) in [5.41, 5.74) is 2.96. The Bertz CT molecular complexity index is 2270. The molecule has 11 nitrogen and oxygen atoms in total. The number of fused-ring (bicyclic) bond motifs is 16. The third kappa shape index (κ3) is 12.0. The van der Waals surface area contributed by atoms with Crippen molar-refractivity contribution in [1.29, 1.82) is 0 Å². The maximum Gasteiger partial charge on any atom is 0.416 e. The first-order chi connectivity index (χ1) is 28.8. The van der Waals surface area contributed by atoms with Crippen molar-refractivity contribution in [3.8, 4) is 16.9 Å². The predicted molar refractivity (Wildman–Crippen MR) is 216 cm³/mol. The fourth-order valence-electron chi connectivity index (χ4n) is 6.81. The van der Waals surface area contributed by atoms with Gasteiger partial charge in [0.1, 0.15) is 29.9 Å². The molecule has 0 unspecified atom stereocenters. The van der Waals surface area contributed by atoms with Crippen LogP contribution in [0.5, 0.6) is 5.75 Å². The number of halogens is 3. The fraction of sp³-hybridized carbons (Fsp3) is 0.239. The Morgan fingerprint density at radius 3 is 1.83 bits per heavy atom. The van der Waals surface area contributed by atoms with E-state index < -0.39 is 72.1 Å².